The van der Waals surface area contributed by atoms with Gasteiger partial charge in [0.1, 0.15) is 6.54 Å². The maximum atomic E-state index is 13.3. The minimum atomic E-state index is -3.94. The van der Waals surface area contributed by atoms with Crippen molar-refractivity contribution in [2.24, 2.45) is 0 Å². The van der Waals surface area contributed by atoms with Crippen LogP contribution in [0.15, 0.2) is 77.7 Å². The van der Waals surface area contributed by atoms with Crippen LogP contribution >= 0.6 is 11.6 Å². The zero-order valence-electron chi connectivity index (χ0n) is 17.8. The average Bonchev–Trinajstić information content (AvgIpc) is 3.26. The predicted molar refractivity (Wildman–Crippen MR) is 127 cm³/mol. The van der Waals surface area contributed by atoms with E-state index < -0.39 is 10.0 Å². The van der Waals surface area contributed by atoms with E-state index in [1.807, 2.05) is 13.0 Å². The summed E-state index contributed by atoms with van der Waals surface area (Å²) in [6.07, 6.45) is 3.32. The molecule has 1 atom stereocenters. The van der Waals surface area contributed by atoms with E-state index in [2.05, 4.69) is 17.4 Å². The van der Waals surface area contributed by atoms with Crippen molar-refractivity contribution in [3.05, 3.63) is 94.5 Å². The number of anilines is 1. The first-order valence-corrected chi connectivity index (χ1v) is 12.4. The third kappa shape index (κ3) is 4.81. The number of rotatable bonds is 7. The lowest BCUT2D eigenvalue weighted by Gasteiger charge is -2.25. The second kappa shape index (κ2) is 9.35. The van der Waals surface area contributed by atoms with Crippen LogP contribution in [0.2, 0.25) is 5.02 Å². The fourth-order valence-corrected chi connectivity index (χ4v) is 5.57. The van der Waals surface area contributed by atoms with Crippen LogP contribution in [-0.2, 0) is 27.7 Å². The van der Waals surface area contributed by atoms with Crippen molar-refractivity contribution >= 4 is 33.2 Å². The molecular formula is C25H25ClN2O3S. The zero-order valence-corrected chi connectivity index (χ0v) is 19.4. The van der Waals surface area contributed by atoms with Crippen molar-refractivity contribution in [3.8, 4) is 0 Å². The highest BCUT2D eigenvalue weighted by Gasteiger charge is 2.27. The molecule has 0 heterocycles. The lowest BCUT2D eigenvalue weighted by atomic mass is 10.0. The van der Waals surface area contributed by atoms with Crippen molar-refractivity contribution in [1.29, 1.82) is 0 Å². The molecule has 7 heteroatoms. The van der Waals surface area contributed by atoms with Crippen LogP contribution in [0.5, 0.6) is 0 Å². The molecule has 0 saturated heterocycles. The van der Waals surface area contributed by atoms with E-state index in [9.17, 15) is 13.2 Å². The standard InChI is InChI=1S/C25H25ClN2O3S/c1-18(20-11-10-19-6-5-7-21(19)16-20)27-25(29)17-28(23-14-12-22(26)13-15-23)32(30,31)24-8-3-2-4-9-24/h2-4,8-16,18H,5-7,17H2,1H3,(H,27,29)/t18-/m0/s1. The third-order valence-electron chi connectivity index (χ3n) is 5.73. The largest absolute Gasteiger partial charge is 0.348 e. The van der Waals surface area contributed by atoms with E-state index in [0.717, 1.165) is 29.1 Å². The van der Waals surface area contributed by atoms with E-state index in [4.69, 9.17) is 11.6 Å². The Bertz CT molecular complexity index is 1210. The Morgan fingerprint density at radius 3 is 2.41 bits per heavy atom. The van der Waals surface area contributed by atoms with Crippen molar-refractivity contribution in [2.75, 3.05) is 10.8 Å². The van der Waals surface area contributed by atoms with E-state index >= 15 is 0 Å². The molecule has 1 aliphatic carbocycles. The number of aryl methyl sites for hydroxylation is 2. The second-order valence-electron chi connectivity index (χ2n) is 7.97. The Morgan fingerprint density at radius 1 is 1.00 bits per heavy atom. The van der Waals surface area contributed by atoms with Gasteiger partial charge in [-0.1, -0.05) is 48.0 Å². The average molecular weight is 469 g/mol. The lowest BCUT2D eigenvalue weighted by molar-refractivity contribution is -0.120. The van der Waals surface area contributed by atoms with Gasteiger partial charge in [0.05, 0.1) is 16.6 Å². The van der Waals surface area contributed by atoms with Crippen LogP contribution in [-0.4, -0.2) is 20.9 Å². The van der Waals surface area contributed by atoms with E-state index in [0.29, 0.717) is 10.7 Å². The van der Waals surface area contributed by atoms with Crippen LogP contribution in [0.25, 0.3) is 0 Å². The first kappa shape index (κ1) is 22.4. The summed E-state index contributed by atoms with van der Waals surface area (Å²) < 4.78 is 27.8. The number of fused-ring (bicyclic) bond motifs is 1. The van der Waals surface area contributed by atoms with E-state index in [1.165, 1.54) is 23.3 Å². The summed E-state index contributed by atoms with van der Waals surface area (Å²) in [4.78, 5) is 13.1. The molecule has 0 saturated carbocycles. The number of hydrogen-bond donors (Lipinski definition) is 1. The highest BCUT2D eigenvalue weighted by atomic mass is 35.5. The topological polar surface area (TPSA) is 66.5 Å². The monoisotopic (exact) mass is 468 g/mol. The van der Waals surface area contributed by atoms with Gasteiger partial charge in [0.2, 0.25) is 5.91 Å². The molecule has 32 heavy (non-hydrogen) atoms. The molecule has 166 valence electrons. The summed E-state index contributed by atoms with van der Waals surface area (Å²) in [5, 5.41) is 3.44. The number of carbonyl (C=O) groups is 1. The minimum Gasteiger partial charge on any atom is -0.348 e. The summed E-state index contributed by atoms with van der Waals surface area (Å²) in [6.45, 7) is 1.57. The Hall–Kier alpha value is -2.83. The van der Waals surface area contributed by atoms with Gasteiger partial charge >= 0.3 is 0 Å². The molecule has 0 unspecified atom stereocenters. The molecule has 0 aliphatic heterocycles. The van der Waals surface area contributed by atoms with Crippen LogP contribution in [0.3, 0.4) is 0 Å². The third-order valence-corrected chi connectivity index (χ3v) is 7.77. The molecule has 0 fully saturated rings. The first-order valence-electron chi connectivity index (χ1n) is 10.6. The number of carbonyl (C=O) groups excluding carboxylic acids is 1. The van der Waals surface area contributed by atoms with Crippen LogP contribution in [0, 0.1) is 0 Å². The smallest absolute Gasteiger partial charge is 0.264 e. The molecule has 3 aromatic carbocycles. The molecule has 4 rings (SSSR count). The van der Waals surface area contributed by atoms with E-state index in [-0.39, 0.29) is 23.4 Å². The number of benzene rings is 3. The highest BCUT2D eigenvalue weighted by Crippen LogP contribution is 2.27. The van der Waals surface area contributed by atoms with Gasteiger partial charge in [-0.15, -0.1) is 0 Å². The molecular weight excluding hydrogens is 444 g/mol. The van der Waals surface area contributed by atoms with Gasteiger partial charge in [-0.05, 0) is 79.3 Å². The Labute approximate surface area is 194 Å². The molecule has 0 radical (unpaired) electrons. The molecule has 1 N–H and O–H groups in total. The molecule has 1 amide bonds. The van der Waals surface area contributed by atoms with E-state index in [1.54, 1.807) is 42.5 Å². The second-order valence-corrected chi connectivity index (χ2v) is 10.3. The SMILES string of the molecule is C[C@H](NC(=O)CN(c1ccc(Cl)cc1)S(=O)(=O)c1ccccc1)c1ccc2c(c1)CCC2. The highest BCUT2D eigenvalue weighted by molar-refractivity contribution is 7.92. The molecule has 0 aromatic heterocycles. The maximum Gasteiger partial charge on any atom is 0.264 e. The molecule has 1 aliphatic rings. The molecule has 3 aromatic rings. The Balaban J connectivity index is 1.56. The number of halogens is 1. The summed E-state index contributed by atoms with van der Waals surface area (Å²) in [5.41, 5.74) is 4.09. The molecule has 0 bridgehead atoms. The Kier molecular flexibility index (Phi) is 6.53. The van der Waals surface area contributed by atoms with Crippen LogP contribution in [0.4, 0.5) is 5.69 Å². The summed E-state index contributed by atoms with van der Waals surface area (Å²) >= 11 is 5.98. The number of hydrogen-bond acceptors (Lipinski definition) is 3. The van der Waals surface area contributed by atoms with Gasteiger partial charge in [0.15, 0.2) is 0 Å². The Morgan fingerprint density at radius 2 is 1.69 bits per heavy atom. The lowest BCUT2D eigenvalue weighted by Crippen LogP contribution is -2.41. The van der Waals surface area contributed by atoms with Gasteiger partial charge in [-0.25, -0.2) is 8.42 Å². The maximum absolute atomic E-state index is 13.3. The van der Waals surface area contributed by atoms with Gasteiger partial charge in [-0.2, -0.15) is 0 Å². The summed E-state index contributed by atoms with van der Waals surface area (Å²) in [6, 6.07) is 20.6. The van der Waals surface area contributed by atoms with Gasteiger partial charge in [0, 0.05) is 5.02 Å². The van der Waals surface area contributed by atoms with Gasteiger partial charge in [0.25, 0.3) is 10.0 Å². The molecule has 5 nitrogen and oxygen atoms in total. The fourth-order valence-electron chi connectivity index (χ4n) is 4.00. The quantitative estimate of drug-likeness (QED) is 0.536. The first-order chi connectivity index (χ1) is 15.3. The normalized spacial score (nSPS) is 13.9. The van der Waals surface area contributed by atoms with Crippen molar-refractivity contribution < 1.29 is 13.2 Å². The molecule has 0 spiro atoms. The summed E-state index contributed by atoms with van der Waals surface area (Å²) in [7, 11) is -3.94. The number of nitrogens with zero attached hydrogens (tertiary/aromatic N) is 1. The van der Waals surface area contributed by atoms with Crippen molar-refractivity contribution in [2.45, 2.75) is 37.1 Å². The number of nitrogens with one attached hydrogen (secondary N) is 1. The zero-order chi connectivity index (χ0) is 22.7. The van der Waals surface area contributed by atoms with Crippen LogP contribution < -0.4 is 9.62 Å². The van der Waals surface area contributed by atoms with Gasteiger partial charge < -0.3 is 5.32 Å². The summed E-state index contributed by atoms with van der Waals surface area (Å²) in [5.74, 6) is -0.382. The van der Waals surface area contributed by atoms with Gasteiger partial charge in [-0.3, -0.25) is 9.10 Å². The van der Waals surface area contributed by atoms with Crippen molar-refractivity contribution in [3.63, 3.8) is 0 Å². The fraction of sp³-hybridized carbons (Fsp3) is 0.240. The minimum absolute atomic E-state index is 0.120. The van der Waals surface area contributed by atoms with Crippen molar-refractivity contribution in [1.82, 2.24) is 5.32 Å². The van der Waals surface area contributed by atoms with Crippen LogP contribution in [0.1, 0.15) is 36.1 Å². The number of sulfonamides is 1. The predicted octanol–water partition coefficient (Wildman–Crippen LogP) is 4.90. The number of amides is 1.